The first-order valence-electron chi connectivity index (χ1n) is 18.2. The van der Waals surface area contributed by atoms with Crippen molar-refractivity contribution in [3.05, 3.63) is 209 Å². The Bertz CT molecular complexity index is 2290. The van der Waals surface area contributed by atoms with E-state index in [2.05, 4.69) is 16.4 Å². The molecule has 0 amide bonds. The molecule has 0 saturated carbocycles. The van der Waals surface area contributed by atoms with Gasteiger partial charge in [-0.15, -0.1) is 0 Å². The van der Waals surface area contributed by atoms with Crippen LogP contribution in [-0.2, 0) is 30.0 Å². The van der Waals surface area contributed by atoms with Crippen molar-refractivity contribution in [2.75, 3.05) is 7.11 Å². The molecule has 0 fully saturated rings. The van der Waals surface area contributed by atoms with Crippen LogP contribution in [0.5, 0.6) is 28.7 Å². The maximum Gasteiger partial charge on any atom is 0.344 e. The first kappa shape index (κ1) is 42.5. The summed E-state index contributed by atoms with van der Waals surface area (Å²) in [6.07, 6.45) is -5.09. The van der Waals surface area contributed by atoms with Gasteiger partial charge in [0.05, 0.1) is 12.7 Å². The summed E-state index contributed by atoms with van der Waals surface area (Å²) in [4.78, 5) is 11.8. The van der Waals surface area contributed by atoms with Crippen LogP contribution in [0.3, 0.4) is 0 Å². The smallest absolute Gasteiger partial charge is 0.344 e. The number of methoxy groups -OCH3 is 1. The number of halogens is 6. The zero-order valence-corrected chi connectivity index (χ0v) is 32.1. The van der Waals surface area contributed by atoms with Crippen molar-refractivity contribution < 1.29 is 59.6 Å². The molecule has 0 radical (unpaired) electrons. The lowest BCUT2D eigenvalue weighted by atomic mass is 9.71. The third-order valence-corrected chi connectivity index (χ3v) is 9.45. The Balaban J connectivity index is 1.18. The van der Waals surface area contributed by atoms with Gasteiger partial charge in [-0.25, -0.2) is 4.79 Å². The zero-order valence-electron chi connectivity index (χ0n) is 32.1. The van der Waals surface area contributed by atoms with Crippen molar-refractivity contribution in [2.45, 2.75) is 32.2 Å². The van der Waals surface area contributed by atoms with Crippen molar-refractivity contribution >= 4 is 5.97 Å². The van der Waals surface area contributed by atoms with Crippen LogP contribution in [0, 0.1) is 0 Å². The maximum absolute atomic E-state index is 13.2. The Morgan fingerprint density at radius 1 is 0.433 bits per heavy atom. The van der Waals surface area contributed by atoms with E-state index in [1.54, 1.807) is 48.5 Å². The highest BCUT2D eigenvalue weighted by Crippen LogP contribution is 2.41. The lowest BCUT2D eigenvalue weighted by molar-refractivity contribution is 0.0600. The van der Waals surface area contributed by atoms with Gasteiger partial charge >= 0.3 is 30.2 Å². The summed E-state index contributed by atoms with van der Waals surface area (Å²) < 4.78 is 108. The Kier molecular flexibility index (Phi) is 13.8. The molecule has 0 aliphatic carbocycles. The molecule has 0 unspecified atom stereocenters. The van der Waals surface area contributed by atoms with Gasteiger partial charge < -0.3 is 28.4 Å². The second-order valence-corrected chi connectivity index (χ2v) is 13.3. The van der Waals surface area contributed by atoms with Crippen molar-refractivity contribution in [3.8, 4) is 28.7 Å². The van der Waals surface area contributed by atoms with Gasteiger partial charge in [0.25, 0.3) is 0 Å². The molecular formula is C47H36F6O7. The van der Waals surface area contributed by atoms with E-state index >= 15 is 0 Å². The maximum atomic E-state index is 13.2. The summed E-state index contributed by atoms with van der Waals surface area (Å²) in [6.45, 7) is 2.67. The molecule has 308 valence electrons. The monoisotopic (exact) mass is 826 g/mol. The minimum absolute atomic E-state index is 0.0807. The van der Waals surface area contributed by atoms with Crippen LogP contribution in [0.2, 0.25) is 0 Å². The second-order valence-electron chi connectivity index (χ2n) is 13.3. The quantitative estimate of drug-likeness (QED) is 0.0392. The number of hydrogen-bond acceptors (Lipinski definition) is 7. The number of esters is 1. The van der Waals surface area contributed by atoms with Crippen molar-refractivity contribution in [1.82, 2.24) is 0 Å². The molecule has 7 nitrogen and oxygen atoms in total. The summed E-state index contributed by atoms with van der Waals surface area (Å²) in [5, 5.41) is 0. The summed E-state index contributed by atoms with van der Waals surface area (Å²) in [7, 11) is 1.33. The average Bonchev–Trinajstić information content (AvgIpc) is 3.28. The Morgan fingerprint density at radius 3 is 1.00 bits per heavy atom. The molecule has 0 N–H and O–H groups in total. The van der Waals surface area contributed by atoms with Gasteiger partial charge in [-0.3, -0.25) is 0 Å². The normalized spacial score (nSPS) is 10.9. The fourth-order valence-corrected chi connectivity index (χ4v) is 6.10. The molecule has 60 heavy (non-hydrogen) atoms. The SMILES string of the molecule is COC(=O)c1ccc(COc2ccc(C(C)(c3ccc(OCc4ccc(OC(F)=C(F)F)cc4)cc3)c3ccc(OCc4ccc(OC(F)=C(F)F)cc4)cc3)cc2)cc1. The Hall–Kier alpha value is -7.15. The van der Waals surface area contributed by atoms with Crippen LogP contribution in [0.1, 0.15) is 50.7 Å². The molecule has 13 heteroatoms. The van der Waals surface area contributed by atoms with Gasteiger partial charge in [0.2, 0.25) is 0 Å². The summed E-state index contributed by atoms with van der Waals surface area (Å²) in [5.74, 6) is 1.19. The average molecular weight is 827 g/mol. The standard InChI is InChI=1S/C47H36F6O7/c1-47(34-11-21-37(22-12-34)56-27-30-3-9-33(10-4-30)46(54)55-2,35-13-23-38(24-14-35)57-28-31-5-17-40(18-6-31)59-44(52)42(48)49)36-15-25-39(26-16-36)58-29-32-7-19-41(20-8-32)60-45(53)43(50)51/h3-26H,27-29H2,1-2H3. The topological polar surface area (TPSA) is 72.5 Å². The van der Waals surface area contributed by atoms with E-state index in [9.17, 15) is 31.1 Å². The minimum Gasteiger partial charge on any atom is -0.489 e. The highest BCUT2D eigenvalue weighted by atomic mass is 19.3. The van der Waals surface area contributed by atoms with E-state index in [-0.39, 0.29) is 31.3 Å². The molecule has 0 aromatic heterocycles. The predicted octanol–water partition coefficient (Wildman–Crippen LogP) is 12.4. The largest absolute Gasteiger partial charge is 0.489 e. The molecule has 6 aromatic carbocycles. The number of carbonyl (C=O) groups excluding carboxylic acids is 1. The van der Waals surface area contributed by atoms with Crippen LogP contribution in [0.4, 0.5) is 26.3 Å². The number of benzene rings is 6. The molecule has 0 saturated heterocycles. The molecular weight excluding hydrogens is 790 g/mol. The molecule has 0 heterocycles. The van der Waals surface area contributed by atoms with E-state index in [0.717, 1.165) is 22.3 Å². The van der Waals surface area contributed by atoms with Crippen LogP contribution in [0.15, 0.2) is 170 Å². The molecule has 0 atom stereocenters. The molecule has 6 aromatic rings. The lowest BCUT2D eigenvalue weighted by Crippen LogP contribution is -2.25. The number of hydrogen-bond donors (Lipinski definition) is 0. The fraction of sp³-hybridized carbons (Fsp3) is 0.128. The van der Waals surface area contributed by atoms with Gasteiger partial charge in [0.15, 0.2) is 0 Å². The highest BCUT2D eigenvalue weighted by molar-refractivity contribution is 5.89. The van der Waals surface area contributed by atoms with Gasteiger partial charge in [0.1, 0.15) is 48.6 Å². The highest BCUT2D eigenvalue weighted by Gasteiger charge is 2.31. The Labute approximate surface area is 341 Å². The summed E-state index contributed by atoms with van der Waals surface area (Å²) >= 11 is 0. The van der Waals surface area contributed by atoms with Gasteiger partial charge in [-0.05, 0) is 113 Å². The van der Waals surface area contributed by atoms with E-state index in [0.29, 0.717) is 33.9 Å². The predicted molar refractivity (Wildman–Crippen MR) is 210 cm³/mol. The molecule has 0 aliphatic rings. The third kappa shape index (κ3) is 10.9. The minimum atomic E-state index is -2.55. The Morgan fingerprint density at radius 2 is 0.717 bits per heavy atom. The van der Waals surface area contributed by atoms with Crippen molar-refractivity contribution in [3.63, 3.8) is 0 Å². The zero-order chi connectivity index (χ0) is 42.6. The van der Waals surface area contributed by atoms with Crippen molar-refractivity contribution in [1.29, 1.82) is 0 Å². The molecule has 0 bridgehead atoms. The van der Waals surface area contributed by atoms with Gasteiger partial charge in [-0.2, -0.15) is 26.3 Å². The van der Waals surface area contributed by atoms with E-state index in [4.69, 9.17) is 18.9 Å². The van der Waals surface area contributed by atoms with E-state index in [1.165, 1.54) is 31.4 Å². The summed E-state index contributed by atoms with van der Waals surface area (Å²) in [5.41, 5.74) is 4.83. The van der Waals surface area contributed by atoms with Crippen LogP contribution >= 0.6 is 0 Å². The first-order valence-corrected chi connectivity index (χ1v) is 18.2. The second kappa shape index (κ2) is 19.5. The van der Waals surface area contributed by atoms with Crippen LogP contribution < -0.4 is 23.7 Å². The summed E-state index contributed by atoms with van der Waals surface area (Å²) in [6, 6.07) is 37.7. The van der Waals surface area contributed by atoms with Gasteiger partial charge in [0, 0.05) is 5.41 Å². The van der Waals surface area contributed by atoms with Crippen LogP contribution in [-0.4, -0.2) is 13.1 Å². The van der Waals surface area contributed by atoms with E-state index in [1.807, 2.05) is 72.8 Å². The van der Waals surface area contributed by atoms with E-state index < -0.39 is 35.6 Å². The van der Waals surface area contributed by atoms with Crippen molar-refractivity contribution in [2.24, 2.45) is 0 Å². The first-order chi connectivity index (χ1) is 28.9. The third-order valence-electron chi connectivity index (χ3n) is 9.45. The number of carbonyl (C=O) groups is 1. The van der Waals surface area contributed by atoms with Crippen LogP contribution in [0.25, 0.3) is 0 Å². The molecule has 0 spiro atoms. The molecule has 6 rings (SSSR count). The number of rotatable bonds is 17. The van der Waals surface area contributed by atoms with Gasteiger partial charge in [-0.1, -0.05) is 72.8 Å². The fourth-order valence-electron chi connectivity index (χ4n) is 6.10. The molecule has 0 aliphatic heterocycles. The number of ether oxygens (including phenoxy) is 6. The lowest BCUT2D eigenvalue weighted by Gasteiger charge is -2.32.